The maximum Gasteiger partial charge on any atom is 0.302 e. The van der Waals surface area contributed by atoms with Crippen LogP contribution in [0.2, 0.25) is 0 Å². The van der Waals surface area contributed by atoms with Gasteiger partial charge in [0.2, 0.25) is 11.8 Å². The van der Waals surface area contributed by atoms with E-state index >= 15 is 0 Å². The third-order valence-corrected chi connectivity index (χ3v) is 3.36. The molecule has 0 heterocycles. The molecule has 0 fully saturated rings. The molecule has 1 rings (SSSR count). The Hall–Kier alpha value is -2.41. The summed E-state index contributed by atoms with van der Waals surface area (Å²) in [5.41, 5.74) is 1.43. The minimum absolute atomic E-state index is 0.0983. The summed E-state index contributed by atoms with van der Waals surface area (Å²) in [5.74, 6) is -0.735. The van der Waals surface area contributed by atoms with Crippen molar-refractivity contribution in [3.63, 3.8) is 0 Å². The van der Waals surface area contributed by atoms with Crippen molar-refractivity contribution in [2.45, 2.75) is 33.4 Å². The van der Waals surface area contributed by atoms with Gasteiger partial charge >= 0.3 is 5.97 Å². The van der Waals surface area contributed by atoms with Gasteiger partial charge in [0.25, 0.3) is 0 Å². The Morgan fingerprint density at radius 2 is 1.75 bits per heavy atom. The van der Waals surface area contributed by atoms with Gasteiger partial charge in [0.05, 0.1) is 12.6 Å². The Morgan fingerprint density at radius 3 is 2.25 bits per heavy atom. The highest BCUT2D eigenvalue weighted by molar-refractivity contribution is 5.95. The minimum atomic E-state index is -0.343. The molecule has 0 aliphatic rings. The third kappa shape index (κ3) is 6.78. The van der Waals surface area contributed by atoms with Gasteiger partial charge in [0.1, 0.15) is 6.61 Å². The molecular formula is C17H25N3O4. The van der Waals surface area contributed by atoms with Crippen molar-refractivity contribution in [3.8, 4) is 0 Å². The first-order chi connectivity index (χ1) is 11.3. The number of carbonyl (C=O) groups excluding carboxylic acids is 3. The average Bonchev–Trinajstić information content (AvgIpc) is 2.52. The fourth-order valence-electron chi connectivity index (χ4n) is 2.12. The molecule has 24 heavy (non-hydrogen) atoms. The number of ether oxygens (including phenoxy) is 1. The molecule has 0 spiro atoms. The third-order valence-electron chi connectivity index (χ3n) is 3.36. The summed E-state index contributed by atoms with van der Waals surface area (Å²) in [6.45, 7) is 5.30. The first kappa shape index (κ1) is 19.6. The highest BCUT2D eigenvalue weighted by Crippen LogP contribution is 2.10. The van der Waals surface area contributed by atoms with Crippen LogP contribution in [0.15, 0.2) is 24.3 Å². The van der Waals surface area contributed by atoms with Crippen molar-refractivity contribution in [2.24, 2.45) is 5.92 Å². The molecule has 1 atom stereocenters. The monoisotopic (exact) mass is 335 g/mol. The summed E-state index contributed by atoms with van der Waals surface area (Å²) in [4.78, 5) is 34.6. The van der Waals surface area contributed by atoms with Gasteiger partial charge in [-0.15, -0.1) is 0 Å². The number of hydrogen-bond acceptors (Lipinski definition) is 5. The number of nitrogens with one attached hydrogen (secondary N) is 3. The topological polar surface area (TPSA) is 96.5 Å². The van der Waals surface area contributed by atoms with E-state index in [0.29, 0.717) is 5.69 Å². The maximum absolute atomic E-state index is 11.9. The Bertz CT molecular complexity index is 570. The van der Waals surface area contributed by atoms with Gasteiger partial charge in [-0.05, 0) is 30.7 Å². The van der Waals surface area contributed by atoms with E-state index in [9.17, 15) is 14.4 Å². The molecule has 0 saturated carbocycles. The summed E-state index contributed by atoms with van der Waals surface area (Å²) in [5, 5.41) is 8.22. The molecule has 1 unspecified atom stereocenters. The number of amides is 2. The second-order valence-electron chi connectivity index (χ2n) is 5.75. The van der Waals surface area contributed by atoms with Crippen LogP contribution in [0.25, 0.3) is 0 Å². The smallest absolute Gasteiger partial charge is 0.302 e. The number of carbonyl (C=O) groups is 3. The Morgan fingerprint density at radius 1 is 1.12 bits per heavy atom. The van der Waals surface area contributed by atoms with E-state index in [-0.39, 0.29) is 42.9 Å². The summed E-state index contributed by atoms with van der Waals surface area (Å²) < 4.78 is 4.89. The molecule has 7 heteroatoms. The molecule has 0 aliphatic heterocycles. The molecule has 0 saturated heterocycles. The van der Waals surface area contributed by atoms with Crippen LogP contribution < -0.4 is 16.0 Å². The van der Waals surface area contributed by atoms with Gasteiger partial charge < -0.3 is 20.7 Å². The van der Waals surface area contributed by atoms with E-state index in [1.165, 1.54) is 6.92 Å². The summed E-state index contributed by atoms with van der Waals surface area (Å²) in [6, 6.07) is 6.60. The minimum Gasteiger partial charge on any atom is -0.461 e. The Balaban J connectivity index is 2.45. The van der Waals surface area contributed by atoms with Crippen molar-refractivity contribution in [2.75, 3.05) is 18.9 Å². The Labute approximate surface area is 142 Å². The lowest BCUT2D eigenvalue weighted by molar-refractivity contribution is -0.142. The molecule has 0 radical (unpaired) electrons. The van der Waals surface area contributed by atoms with E-state index in [2.05, 4.69) is 16.0 Å². The fraction of sp³-hybridized carbons (Fsp3) is 0.471. The van der Waals surface area contributed by atoms with Crippen molar-refractivity contribution in [3.05, 3.63) is 29.8 Å². The average molecular weight is 335 g/mol. The van der Waals surface area contributed by atoms with Crippen molar-refractivity contribution >= 4 is 23.5 Å². The molecule has 132 valence electrons. The van der Waals surface area contributed by atoms with Crippen LogP contribution in [-0.4, -0.2) is 37.4 Å². The molecule has 0 aromatic heterocycles. The maximum atomic E-state index is 11.9. The highest BCUT2D eigenvalue weighted by atomic mass is 16.5. The summed E-state index contributed by atoms with van der Waals surface area (Å²) in [6.07, 6.45) is 0. The van der Waals surface area contributed by atoms with Crippen molar-refractivity contribution in [1.82, 2.24) is 10.6 Å². The van der Waals surface area contributed by atoms with E-state index in [0.717, 1.165) is 5.56 Å². The SMILES string of the molecule is CNC(C(=O)NCC(=O)Nc1ccc(COC(C)=O)cc1)C(C)C. The molecule has 7 nitrogen and oxygen atoms in total. The van der Waals surface area contributed by atoms with Crippen LogP contribution in [-0.2, 0) is 25.7 Å². The predicted molar refractivity (Wildman–Crippen MR) is 91.2 cm³/mol. The van der Waals surface area contributed by atoms with Gasteiger partial charge in [-0.25, -0.2) is 0 Å². The van der Waals surface area contributed by atoms with E-state index in [1.807, 2.05) is 13.8 Å². The van der Waals surface area contributed by atoms with Gasteiger partial charge in [0.15, 0.2) is 0 Å². The molecule has 1 aromatic rings. The zero-order valence-corrected chi connectivity index (χ0v) is 14.5. The molecular weight excluding hydrogens is 310 g/mol. The normalized spacial score (nSPS) is 11.7. The molecule has 1 aromatic carbocycles. The second kappa shape index (κ2) is 9.67. The first-order valence-electron chi connectivity index (χ1n) is 7.80. The largest absolute Gasteiger partial charge is 0.461 e. The van der Waals surface area contributed by atoms with Crippen molar-refractivity contribution in [1.29, 1.82) is 0 Å². The van der Waals surface area contributed by atoms with E-state index in [4.69, 9.17) is 4.74 Å². The second-order valence-corrected chi connectivity index (χ2v) is 5.75. The molecule has 0 aliphatic carbocycles. The van der Waals surface area contributed by atoms with Crippen LogP contribution in [0, 0.1) is 5.92 Å². The first-order valence-corrected chi connectivity index (χ1v) is 7.80. The Kier molecular flexibility index (Phi) is 7.91. The standard InChI is InChI=1S/C17H25N3O4/c1-11(2)16(18-4)17(23)19-9-15(22)20-14-7-5-13(6-8-14)10-24-12(3)21/h5-8,11,16,18H,9-10H2,1-4H3,(H,19,23)(H,20,22). The van der Waals surface area contributed by atoms with Gasteiger partial charge in [-0.3, -0.25) is 14.4 Å². The quantitative estimate of drug-likeness (QED) is 0.617. The predicted octanol–water partition coefficient (Wildman–Crippen LogP) is 1.05. The van der Waals surface area contributed by atoms with Gasteiger partial charge in [-0.1, -0.05) is 26.0 Å². The number of hydrogen-bond donors (Lipinski definition) is 3. The van der Waals surface area contributed by atoms with Crippen LogP contribution in [0.5, 0.6) is 0 Å². The fourth-order valence-corrected chi connectivity index (χ4v) is 2.12. The van der Waals surface area contributed by atoms with Crippen LogP contribution in [0.1, 0.15) is 26.3 Å². The van der Waals surface area contributed by atoms with Crippen LogP contribution >= 0.6 is 0 Å². The summed E-state index contributed by atoms with van der Waals surface area (Å²) >= 11 is 0. The van der Waals surface area contributed by atoms with E-state index in [1.54, 1.807) is 31.3 Å². The lowest BCUT2D eigenvalue weighted by Gasteiger charge is -2.19. The van der Waals surface area contributed by atoms with Crippen molar-refractivity contribution < 1.29 is 19.1 Å². The highest BCUT2D eigenvalue weighted by Gasteiger charge is 2.20. The van der Waals surface area contributed by atoms with Gasteiger partial charge in [0, 0.05) is 12.6 Å². The number of benzene rings is 1. The van der Waals surface area contributed by atoms with Crippen LogP contribution in [0.3, 0.4) is 0 Å². The zero-order chi connectivity index (χ0) is 18.1. The number of rotatable bonds is 8. The molecule has 0 bridgehead atoms. The number of likely N-dealkylation sites (N-methyl/N-ethyl adjacent to an activating group) is 1. The molecule has 3 N–H and O–H groups in total. The summed E-state index contributed by atoms with van der Waals surface area (Å²) in [7, 11) is 1.71. The van der Waals surface area contributed by atoms with Crippen LogP contribution in [0.4, 0.5) is 5.69 Å². The molecule has 2 amide bonds. The van der Waals surface area contributed by atoms with Gasteiger partial charge in [-0.2, -0.15) is 0 Å². The number of anilines is 1. The lowest BCUT2D eigenvalue weighted by atomic mass is 10.0. The van der Waals surface area contributed by atoms with E-state index < -0.39 is 0 Å². The zero-order valence-electron chi connectivity index (χ0n) is 14.5. The lowest BCUT2D eigenvalue weighted by Crippen LogP contribution is -2.47. The number of esters is 1.